The molecule has 0 aliphatic rings. The second-order valence-electron chi connectivity index (χ2n) is 3.88. The number of rotatable bonds is 6. The van der Waals surface area contributed by atoms with Crippen LogP contribution in [-0.2, 0) is 4.79 Å². The van der Waals surface area contributed by atoms with E-state index in [2.05, 4.69) is 0 Å². The van der Waals surface area contributed by atoms with Crippen LogP contribution in [0.15, 0.2) is 0 Å². The summed E-state index contributed by atoms with van der Waals surface area (Å²) in [4.78, 5) is 12.8. The fourth-order valence-corrected chi connectivity index (χ4v) is 1.05. The highest BCUT2D eigenvalue weighted by molar-refractivity contribution is 5.82. The van der Waals surface area contributed by atoms with E-state index in [4.69, 9.17) is 0 Å². The lowest BCUT2D eigenvalue weighted by atomic mass is 10.0. The van der Waals surface area contributed by atoms with Crippen molar-refractivity contribution < 1.29 is 18.0 Å². The van der Waals surface area contributed by atoms with Crippen molar-refractivity contribution in [3.8, 4) is 0 Å². The zero-order valence-corrected chi connectivity index (χ0v) is 9.40. The van der Waals surface area contributed by atoms with Gasteiger partial charge in [-0.3, -0.25) is 9.69 Å². The second kappa shape index (κ2) is 6.10. The fourth-order valence-electron chi connectivity index (χ4n) is 1.05. The summed E-state index contributed by atoms with van der Waals surface area (Å²) in [5.74, 6) is -0.0690. The highest BCUT2D eigenvalue weighted by Gasteiger charge is 2.27. The Morgan fingerprint density at radius 1 is 1.40 bits per heavy atom. The molecular weight excluding hydrogens is 207 g/mol. The summed E-state index contributed by atoms with van der Waals surface area (Å²) in [6, 6.07) is 0. The molecule has 0 saturated carbocycles. The van der Waals surface area contributed by atoms with Crippen molar-refractivity contribution in [3.63, 3.8) is 0 Å². The quantitative estimate of drug-likeness (QED) is 0.692. The van der Waals surface area contributed by atoms with Gasteiger partial charge < -0.3 is 0 Å². The van der Waals surface area contributed by atoms with Crippen molar-refractivity contribution >= 4 is 5.78 Å². The maximum atomic E-state index is 11.9. The van der Waals surface area contributed by atoms with Crippen molar-refractivity contribution in [2.24, 2.45) is 5.92 Å². The third kappa shape index (κ3) is 7.36. The first-order chi connectivity index (χ1) is 6.76. The minimum Gasteiger partial charge on any atom is -0.299 e. The summed E-state index contributed by atoms with van der Waals surface area (Å²) >= 11 is 0. The normalized spacial score (nSPS) is 14.3. The van der Waals surface area contributed by atoms with Crippen LogP contribution in [-0.4, -0.2) is 37.0 Å². The highest BCUT2D eigenvalue weighted by Crippen LogP contribution is 2.19. The molecule has 5 heteroatoms. The van der Waals surface area contributed by atoms with Gasteiger partial charge in [-0.15, -0.1) is 0 Å². The molecule has 1 atom stereocenters. The van der Waals surface area contributed by atoms with E-state index in [1.165, 1.54) is 11.9 Å². The number of nitrogens with zero attached hydrogens (tertiary/aromatic N) is 1. The Morgan fingerprint density at radius 2 is 1.93 bits per heavy atom. The summed E-state index contributed by atoms with van der Waals surface area (Å²) < 4.78 is 35.6. The van der Waals surface area contributed by atoms with Gasteiger partial charge in [0.25, 0.3) is 0 Å². The number of hydrogen-bond acceptors (Lipinski definition) is 2. The first kappa shape index (κ1) is 14.4. The number of likely N-dealkylation sites (N-methyl/N-ethyl adjacent to an activating group) is 1. The van der Waals surface area contributed by atoms with Gasteiger partial charge in [0, 0.05) is 12.5 Å². The number of hydrogen-bond donors (Lipinski definition) is 0. The van der Waals surface area contributed by atoms with E-state index in [1.54, 1.807) is 6.92 Å². The van der Waals surface area contributed by atoms with Gasteiger partial charge in [-0.05, 0) is 13.5 Å². The summed E-state index contributed by atoms with van der Waals surface area (Å²) in [5.41, 5.74) is 0. The number of halogens is 3. The molecular formula is C10H18F3NO. The van der Waals surface area contributed by atoms with Crippen molar-refractivity contribution in [2.45, 2.75) is 32.9 Å². The molecule has 0 fully saturated rings. The minimum atomic E-state index is -4.15. The standard InChI is InChI=1S/C10H18F3NO/c1-4-8(2)9(15)7-14(3)6-5-10(11,12)13/h8H,4-7H2,1-3H3. The van der Waals surface area contributed by atoms with Crippen LogP contribution in [0.3, 0.4) is 0 Å². The molecule has 2 nitrogen and oxygen atoms in total. The predicted molar refractivity (Wildman–Crippen MR) is 52.6 cm³/mol. The van der Waals surface area contributed by atoms with Gasteiger partial charge in [0.2, 0.25) is 0 Å². The highest BCUT2D eigenvalue weighted by atomic mass is 19.4. The van der Waals surface area contributed by atoms with Crippen molar-refractivity contribution in [3.05, 3.63) is 0 Å². The molecule has 0 aromatic rings. The van der Waals surface area contributed by atoms with E-state index < -0.39 is 12.6 Å². The van der Waals surface area contributed by atoms with E-state index in [0.717, 1.165) is 6.42 Å². The minimum absolute atomic E-state index is 0.00201. The largest absolute Gasteiger partial charge is 0.390 e. The van der Waals surface area contributed by atoms with E-state index in [-0.39, 0.29) is 24.8 Å². The van der Waals surface area contributed by atoms with Crippen LogP contribution in [0.25, 0.3) is 0 Å². The predicted octanol–water partition coefficient (Wildman–Crippen LogP) is 2.49. The monoisotopic (exact) mass is 225 g/mol. The second-order valence-corrected chi connectivity index (χ2v) is 3.88. The molecule has 0 N–H and O–H groups in total. The van der Waals surface area contributed by atoms with Gasteiger partial charge in [0.05, 0.1) is 13.0 Å². The Balaban J connectivity index is 3.84. The molecule has 0 aromatic carbocycles. The first-order valence-corrected chi connectivity index (χ1v) is 5.04. The molecule has 1 unspecified atom stereocenters. The smallest absolute Gasteiger partial charge is 0.299 e. The molecule has 0 aliphatic heterocycles. The zero-order valence-electron chi connectivity index (χ0n) is 9.40. The van der Waals surface area contributed by atoms with E-state index in [0.29, 0.717) is 0 Å². The lowest BCUT2D eigenvalue weighted by molar-refractivity contribution is -0.139. The maximum absolute atomic E-state index is 11.9. The average molecular weight is 225 g/mol. The Kier molecular flexibility index (Phi) is 5.87. The van der Waals surface area contributed by atoms with Crippen LogP contribution in [0.5, 0.6) is 0 Å². The first-order valence-electron chi connectivity index (χ1n) is 5.04. The van der Waals surface area contributed by atoms with Gasteiger partial charge in [0.15, 0.2) is 0 Å². The van der Waals surface area contributed by atoms with Crippen molar-refractivity contribution in [2.75, 3.05) is 20.1 Å². The number of ketones is 1. The van der Waals surface area contributed by atoms with Gasteiger partial charge in [0.1, 0.15) is 5.78 Å². The molecule has 15 heavy (non-hydrogen) atoms. The van der Waals surface area contributed by atoms with Crippen LogP contribution in [0.1, 0.15) is 26.7 Å². The zero-order chi connectivity index (χ0) is 12.1. The third-order valence-electron chi connectivity index (χ3n) is 2.36. The Bertz CT molecular complexity index is 203. The van der Waals surface area contributed by atoms with E-state index >= 15 is 0 Å². The molecule has 0 radical (unpaired) electrons. The SMILES string of the molecule is CCC(C)C(=O)CN(C)CCC(F)(F)F. The number of alkyl halides is 3. The lowest BCUT2D eigenvalue weighted by Crippen LogP contribution is -2.32. The Hall–Kier alpha value is -0.580. The molecule has 0 amide bonds. The molecule has 0 heterocycles. The number of carbonyl (C=O) groups is 1. The molecule has 0 saturated heterocycles. The van der Waals surface area contributed by atoms with Crippen LogP contribution < -0.4 is 0 Å². The van der Waals surface area contributed by atoms with Gasteiger partial charge in [-0.2, -0.15) is 13.2 Å². The van der Waals surface area contributed by atoms with Crippen molar-refractivity contribution in [1.29, 1.82) is 0 Å². The van der Waals surface area contributed by atoms with Crippen LogP contribution in [0.4, 0.5) is 13.2 Å². The Morgan fingerprint density at radius 3 is 2.33 bits per heavy atom. The Labute approximate surface area is 88.4 Å². The fraction of sp³-hybridized carbons (Fsp3) is 0.900. The summed E-state index contributed by atoms with van der Waals surface area (Å²) in [6.45, 7) is 3.66. The number of Topliss-reactive ketones (excluding diaryl/α,β-unsaturated/α-hetero) is 1. The van der Waals surface area contributed by atoms with Crippen LogP contribution >= 0.6 is 0 Å². The topological polar surface area (TPSA) is 20.3 Å². The van der Waals surface area contributed by atoms with Crippen LogP contribution in [0, 0.1) is 5.92 Å². The maximum Gasteiger partial charge on any atom is 0.390 e. The molecule has 0 aromatic heterocycles. The number of carbonyl (C=O) groups excluding carboxylic acids is 1. The van der Waals surface area contributed by atoms with Gasteiger partial charge in [-0.25, -0.2) is 0 Å². The van der Waals surface area contributed by atoms with Crippen molar-refractivity contribution in [1.82, 2.24) is 4.90 Å². The summed E-state index contributed by atoms with van der Waals surface area (Å²) in [6.07, 6.45) is -4.28. The van der Waals surface area contributed by atoms with Gasteiger partial charge in [-0.1, -0.05) is 13.8 Å². The van der Waals surface area contributed by atoms with Crippen LogP contribution in [0.2, 0.25) is 0 Å². The molecule has 0 spiro atoms. The van der Waals surface area contributed by atoms with E-state index in [9.17, 15) is 18.0 Å². The third-order valence-corrected chi connectivity index (χ3v) is 2.36. The summed E-state index contributed by atoms with van der Waals surface area (Å²) in [7, 11) is 1.53. The average Bonchev–Trinajstić information content (AvgIpc) is 2.12. The molecule has 0 aliphatic carbocycles. The summed E-state index contributed by atoms with van der Waals surface area (Å²) in [5, 5.41) is 0. The molecule has 90 valence electrons. The lowest BCUT2D eigenvalue weighted by Gasteiger charge is -2.18. The van der Waals surface area contributed by atoms with Gasteiger partial charge >= 0.3 is 6.18 Å². The van der Waals surface area contributed by atoms with E-state index in [1.807, 2.05) is 6.92 Å². The molecule has 0 bridgehead atoms. The molecule has 0 rings (SSSR count).